The number of hydrogen-bond donors (Lipinski definition) is 1. The highest BCUT2D eigenvalue weighted by molar-refractivity contribution is 6.36. The summed E-state index contributed by atoms with van der Waals surface area (Å²) in [5.41, 5.74) is 2.69. The van der Waals surface area contributed by atoms with E-state index in [-0.39, 0.29) is 18.2 Å². The number of nitrogens with zero attached hydrogens (tertiary/aromatic N) is 1. The first kappa shape index (κ1) is 23.2. The van der Waals surface area contributed by atoms with Gasteiger partial charge >= 0.3 is 0 Å². The smallest absolute Gasteiger partial charge is 0.242 e. The van der Waals surface area contributed by atoms with Gasteiger partial charge in [0.15, 0.2) is 0 Å². The molecule has 0 aliphatic rings. The second-order valence-electron chi connectivity index (χ2n) is 7.10. The number of hydrogen-bond acceptors (Lipinski definition) is 2. The van der Waals surface area contributed by atoms with Gasteiger partial charge < -0.3 is 10.2 Å². The Labute approximate surface area is 183 Å². The highest BCUT2D eigenvalue weighted by Gasteiger charge is 2.29. The van der Waals surface area contributed by atoms with Gasteiger partial charge in [-0.05, 0) is 43.0 Å². The number of benzene rings is 2. The number of halogens is 2. The Kier molecular flexibility index (Phi) is 8.99. The molecule has 0 fully saturated rings. The monoisotopic (exact) mass is 434 g/mol. The van der Waals surface area contributed by atoms with Crippen molar-refractivity contribution in [2.75, 3.05) is 6.54 Å². The fraction of sp³-hybridized carbons (Fsp3) is 0.391. The molecule has 0 aliphatic heterocycles. The molecule has 1 N–H and O–H groups in total. The van der Waals surface area contributed by atoms with E-state index in [1.165, 1.54) is 0 Å². The van der Waals surface area contributed by atoms with Crippen molar-refractivity contribution in [3.8, 4) is 0 Å². The number of rotatable bonds is 9. The van der Waals surface area contributed by atoms with E-state index in [9.17, 15) is 9.59 Å². The van der Waals surface area contributed by atoms with Gasteiger partial charge in [-0.1, -0.05) is 72.9 Å². The van der Waals surface area contributed by atoms with Crippen LogP contribution in [0.25, 0.3) is 0 Å². The molecule has 6 heteroatoms. The predicted octanol–water partition coefficient (Wildman–Crippen LogP) is 5.18. The van der Waals surface area contributed by atoms with E-state index in [0.29, 0.717) is 35.1 Å². The molecule has 0 bridgehead atoms. The van der Waals surface area contributed by atoms with Crippen LogP contribution in [0.4, 0.5) is 0 Å². The highest BCUT2D eigenvalue weighted by atomic mass is 35.5. The third-order valence-electron chi connectivity index (χ3n) is 4.80. The summed E-state index contributed by atoms with van der Waals surface area (Å²) in [6, 6.07) is 12.6. The molecule has 2 amide bonds. The summed E-state index contributed by atoms with van der Waals surface area (Å²) in [7, 11) is 0. The van der Waals surface area contributed by atoms with E-state index in [2.05, 4.69) is 5.32 Å². The normalized spacial score (nSPS) is 11.8. The third kappa shape index (κ3) is 6.48. The molecule has 0 saturated carbocycles. The van der Waals surface area contributed by atoms with Crippen LogP contribution in [0.3, 0.4) is 0 Å². The molecule has 2 rings (SSSR count). The van der Waals surface area contributed by atoms with E-state index in [1.807, 2.05) is 45.0 Å². The topological polar surface area (TPSA) is 49.4 Å². The number of carbonyl (C=O) groups excluding carboxylic acids is 2. The van der Waals surface area contributed by atoms with Crippen LogP contribution in [-0.4, -0.2) is 29.3 Å². The summed E-state index contributed by atoms with van der Waals surface area (Å²) in [5.74, 6) is -0.320. The SMILES string of the molecule is CCCNC(=O)C(CC)N(Cc1ccc(C)cc1)C(=O)Cc1c(Cl)cccc1Cl. The van der Waals surface area contributed by atoms with Gasteiger partial charge in [-0.2, -0.15) is 0 Å². The van der Waals surface area contributed by atoms with Crippen molar-refractivity contribution in [2.45, 2.75) is 52.6 Å². The molecule has 0 heterocycles. The molecule has 2 aromatic carbocycles. The summed E-state index contributed by atoms with van der Waals surface area (Å²) < 4.78 is 0. The number of nitrogens with one attached hydrogen (secondary N) is 1. The quantitative estimate of drug-likeness (QED) is 0.590. The maximum atomic E-state index is 13.3. The minimum absolute atomic E-state index is 0.0436. The molecule has 4 nitrogen and oxygen atoms in total. The lowest BCUT2D eigenvalue weighted by molar-refractivity contribution is -0.140. The zero-order chi connectivity index (χ0) is 21.4. The summed E-state index contributed by atoms with van der Waals surface area (Å²) in [5, 5.41) is 3.81. The Balaban J connectivity index is 2.32. The van der Waals surface area contributed by atoms with Crippen molar-refractivity contribution in [2.24, 2.45) is 0 Å². The van der Waals surface area contributed by atoms with Gasteiger partial charge in [0.2, 0.25) is 11.8 Å². The fourth-order valence-corrected chi connectivity index (χ4v) is 3.66. The lowest BCUT2D eigenvalue weighted by atomic mass is 10.1. The Bertz CT molecular complexity index is 817. The lowest BCUT2D eigenvalue weighted by Gasteiger charge is -2.31. The number of aryl methyl sites for hydroxylation is 1. The first-order valence-electron chi connectivity index (χ1n) is 9.92. The molecule has 0 aliphatic carbocycles. The van der Waals surface area contributed by atoms with Crippen molar-refractivity contribution in [1.82, 2.24) is 10.2 Å². The Morgan fingerprint density at radius 2 is 1.66 bits per heavy atom. The van der Waals surface area contributed by atoms with Crippen molar-refractivity contribution >= 4 is 35.0 Å². The molecule has 0 saturated heterocycles. The largest absolute Gasteiger partial charge is 0.354 e. The summed E-state index contributed by atoms with van der Waals surface area (Å²) in [6.07, 6.45) is 1.40. The van der Waals surface area contributed by atoms with Crippen LogP contribution in [0.2, 0.25) is 10.0 Å². The van der Waals surface area contributed by atoms with E-state index in [0.717, 1.165) is 17.5 Å². The molecule has 0 spiro atoms. The van der Waals surface area contributed by atoms with Crippen LogP contribution >= 0.6 is 23.2 Å². The van der Waals surface area contributed by atoms with Crippen molar-refractivity contribution in [1.29, 1.82) is 0 Å². The minimum atomic E-state index is -0.559. The second kappa shape index (κ2) is 11.2. The summed E-state index contributed by atoms with van der Waals surface area (Å²) in [6.45, 7) is 6.85. The number of carbonyl (C=O) groups is 2. The van der Waals surface area contributed by atoms with Gasteiger partial charge in [-0.3, -0.25) is 9.59 Å². The lowest BCUT2D eigenvalue weighted by Crippen LogP contribution is -2.49. The standard InChI is InChI=1S/C23H28Cl2N2O2/c1-4-13-26-23(29)21(5-2)27(15-17-11-9-16(3)10-12-17)22(28)14-18-19(24)7-6-8-20(18)25/h6-12,21H,4-5,13-15H2,1-3H3,(H,26,29). The molecular weight excluding hydrogens is 407 g/mol. The maximum absolute atomic E-state index is 13.3. The molecule has 156 valence electrons. The molecular formula is C23H28Cl2N2O2. The van der Waals surface area contributed by atoms with Crippen LogP contribution in [0, 0.1) is 6.92 Å². The third-order valence-corrected chi connectivity index (χ3v) is 5.51. The molecule has 29 heavy (non-hydrogen) atoms. The maximum Gasteiger partial charge on any atom is 0.242 e. The first-order valence-corrected chi connectivity index (χ1v) is 10.7. The fourth-order valence-electron chi connectivity index (χ4n) is 3.13. The van der Waals surface area contributed by atoms with E-state index in [1.54, 1.807) is 23.1 Å². The minimum Gasteiger partial charge on any atom is -0.354 e. The second-order valence-corrected chi connectivity index (χ2v) is 7.91. The zero-order valence-corrected chi connectivity index (χ0v) is 18.7. The van der Waals surface area contributed by atoms with Crippen molar-refractivity contribution in [3.05, 3.63) is 69.2 Å². The van der Waals surface area contributed by atoms with E-state index < -0.39 is 6.04 Å². The molecule has 1 atom stereocenters. The van der Waals surface area contributed by atoms with Crippen LogP contribution in [-0.2, 0) is 22.6 Å². The van der Waals surface area contributed by atoms with Crippen LogP contribution < -0.4 is 5.32 Å². The van der Waals surface area contributed by atoms with Crippen LogP contribution in [0.15, 0.2) is 42.5 Å². The summed E-state index contributed by atoms with van der Waals surface area (Å²) in [4.78, 5) is 27.7. The molecule has 2 aromatic rings. The Morgan fingerprint density at radius 3 is 2.21 bits per heavy atom. The Hall–Kier alpha value is -2.04. The van der Waals surface area contributed by atoms with Gasteiger partial charge in [0.1, 0.15) is 6.04 Å². The van der Waals surface area contributed by atoms with Gasteiger partial charge in [0.05, 0.1) is 6.42 Å². The van der Waals surface area contributed by atoms with E-state index in [4.69, 9.17) is 23.2 Å². The molecule has 1 unspecified atom stereocenters. The average molecular weight is 435 g/mol. The van der Waals surface area contributed by atoms with Gasteiger partial charge in [-0.25, -0.2) is 0 Å². The summed E-state index contributed by atoms with van der Waals surface area (Å²) >= 11 is 12.5. The van der Waals surface area contributed by atoms with Gasteiger partial charge in [-0.15, -0.1) is 0 Å². The van der Waals surface area contributed by atoms with E-state index >= 15 is 0 Å². The average Bonchev–Trinajstić information content (AvgIpc) is 2.70. The van der Waals surface area contributed by atoms with Gasteiger partial charge in [0.25, 0.3) is 0 Å². The van der Waals surface area contributed by atoms with Crippen LogP contribution in [0.1, 0.15) is 43.4 Å². The molecule has 0 radical (unpaired) electrons. The highest BCUT2D eigenvalue weighted by Crippen LogP contribution is 2.26. The van der Waals surface area contributed by atoms with Crippen molar-refractivity contribution < 1.29 is 9.59 Å². The molecule has 0 aromatic heterocycles. The first-order chi connectivity index (χ1) is 13.9. The number of amides is 2. The van der Waals surface area contributed by atoms with Crippen molar-refractivity contribution in [3.63, 3.8) is 0 Å². The zero-order valence-electron chi connectivity index (χ0n) is 17.2. The predicted molar refractivity (Wildman–Crippen MR) is 119 cm³/mol. The Morgan fingerprint density at radius 1 is 1.03 bits per heavy atom. The van der Waals surface area contributed by atoms with Gasteiger partial charge in [0, 0.05) is 23.1 Å². The van der Waals surface area contributed by atoms with Crippen LogP contribution in [0.5, 0.6) is 0 Å².